The van der Waals surface area contributed by atoms with Crippen LogP contribution in [0.3, 0.4) is 0 Å². The van der Waals surface area contributed by atoms with Crippen molar-refractivity contribution in [2.75, 3.05) is 20.8 Å². The first-order valence-electron chi connectivity index (χ1n) is 9.45. The first-order chi connectivity index (χ1) is 14.1. The molecule has 8 heteroatoms. The van der Waals surface area contributed by atoms with Gasteiger partial charge in [0.05, 0.1) is 43.1 Å². The van der Waals surface area contributed by atoms with Crippen LogP contribution in [0.5, 0.6) is 11.5 Å². The van der Waals surface area contributed by atoms with E-state index in [1.165, 1.54) is 31.7 Å². The van der Waals surface area contributed by atoms with Gasteiger partial charge in [-0.15, -0.1) is 0 Å². The van der Waals surface area contributed by atoms with E-state index >= 15 is 0 Å². The summed E-state index contributed by atoms with van der Waals surface area (Å²) < 4.78 is 16.3. The highest BCUT2D eigenvalue weighted by molar-refractivity contribution is 7.98. The molecule has 0 saturated heterocycles. The maximum Gasteiger partial charge on any atom is 0.338 e. The fraction of sp³-hybridized carbons (Fsp3) is 0.381. The zero-order valence-corrected chi connectivity index (χ0v) is 17.5. The van der Waals surface area contributed by atoms with Gasteiger partial charge in [0, 0.05) is 18.0 Å². The lowest BCUT2D eigenvalue weighted by Crippen LogP contribution is -2.03. The zero-order valence-electron chi connectivity index (χ0n) is 16.7. The third kappa shape index (κ3) is 4.32. The number of nitrogens with one attached hydrogen (secondary N) is 1. The molecule has 152 valence electrons. The minimum Gasteiger partial charge on any atom is -0.491 e. The average molecular weight is 413 g/mol. The number of nitrogens with zero attached hydrogens (tertiary/aromatic N) is 2. The number of thioether (sulfide) groups is 1. The topological polar surface area (TPSA) is 86.3 Å². The van der Waals surface area contributed by atoms with Crippen molar-refractivity contribution in [2.45, 2.75) is 30.7 Å². The van der Waals surface area contributed by atoms with Crippen LogP contribution >= 0.6 is 11.8 Å². The molecule has 7 nitrogen and oxygen atoms in total. The Balaban J connectivity index is 1.51. The van der Waals surface area contributed by atoms with Crippen molar-refractivity contribution in [2.24, 2.45) is 5.92 Å². The molecule has 2 heterocycles. The molecule has 1 aromatic carbocycles. The first kappa shape index (κ1) is 19.6. The normalized spacial score (nSPS) is 13.5. The van der Waals surface area contributed by atoms with E-state index in [4.69, 9.17) is 14.2 Å². The monoisotopic (exact) mass is 413 g/mol. The van der Waals surface area contributed by atoms with E-state index in [9.17, 15) is 4.79 Å². The second-order valence-electron chi connectivity index (χ2n) is 7.05. The van der Waals surface area contributed by atoms with Crippen molar-refractivity contribution in [3.05, 3.63) is 41.2 Å². The third-order valence-electron chi connectivity index (χ3n) is 4.87. The quantitative estimate of drug-likeness (QED) is 0.439. The fourth-order valence-electron chi connectivity index (χ4n) is 3.08. The number of aryl methyl sites for hydroxylation is 1. The molecule has 1 fully saturated rings. The van der Waals surface area contributed by atoms with Crippen LogP contribution in [0.1, 0.15) is 34.5 Å². The van der Waals surface area contributed by atoms with E-state index in [-0.39, 0.29) is 5.97 Å². The molecule has 0 spiro atoms. The van der Waals surface area contributed by atoms with Gasteiger partial charge in [0.15, 0.2) is 16.7 Å². The number of aromatic nitrogens is 3. The first-order valence-corrected chi connectivity index (χ1v) is 10.4. The number of H-pyrrole nitrogens is 1. The Bertz CT molecular complexity index is 1050. The molecule has 0 bridgehead atoms. The molecular weight excluding hydrogens is 390 g/mol. The second-order valence-corrected chi connectivity index (χ2v) is 8.01. The lowest BCUT2D eigenvalue weighted by atomic mass is 10.1. The Labute approximate surface area is 173 Å². The zero-order chi connectivity index (χ0) is 20.4. The Morgan fingerprint density at radius 2 is 2.14 bits per heavy atom. The molecule has 0 aliphatic heterocycles. The van der Waals surface area contributed by atoms with Gasteiger partial charge in [-0.2, -0.15) is 0 Å². The third-order valence-corrected chi connectivity index (χ3v) is 5.76. The Morgan fingerprint density at radius 1 is 1.31 bits per heavy atom. The van der Waals surface area contributed by atoms with Gasteiger partial charge in [-0.05, 0) is 43.4 Å². The van der Waals surface area contributed by atoms with Gasteiger partial charge in [-0.25, -0.2) is 9.78 Å². The predicted octanol–water partition coefficient (Wildman–Crippen LogP) is 4.14. The molecule has 0 radical (unpaired) electrons. The number of esters is 1. The minimum atomic E-state index is -0.362. The van der Waals surface area contributed by atoms with Crippen molar-refractivity contribution in [3.63, 3.8) is 0 Å². The van der Waals surface area contributed by atoms with Crippen LogP contribution in [0.15, 0.2) is 29.6 Å². The number of ether oxygens (including phenoxy) is 3. The number of imidazole rings is 1. The molecule has 4 rings (SSSR count). The van der Waals surface area contributed by atoms with E-state index in [0.717, 1.165) is 39.8 Å². The summed E-state index contributed by atoms with van der Waals surface area (Å²) in [6, 6.07) is 5.50. The molecule has 0 amide bonds. The molecule has 1 saturated carbocycles. The number of methoxy groups -OCH3 is 2. The maximum atomic E-state index is 11.9. The van der Waals surface area contributed by atoms with Crippen LogP contribution in [-0.2, 0) is 10.5 Å². The SMILES string of the molecule is COC(=O)c1cc2nc(SCc3nccc(OCC4CC4)c3OC)[nH]c2cc1C. The van der Waals surface area contributed by atoms with Crippen LogP contribution in [-0.4, -0.2) is 41.7 Å². The number of rotatable bonds is 8. The molecule has 1 aliphatic rings. The van der Waals surface area contributed by atoms with Crippen LogP contribution in [0.2, 0.25) is 0 Å². The van der Waals surface area contributed by atoms with Crippen LogP contribution in [0.4, 0.5) is 0 Å². The second kappa shape index (κ2) is 8.32. The van der Waals surface area contributed by atoms with Crippen molar-refractivity contribution in [1.82, 2.24) is 15.0 Å². The number of hydrogen-bond acceptors (Lipinski definition) is 7. The number of carbonyl (C=O) groups is 1. The number of carbonyl (C=O) groups excluding carboxylic acids is 1. The molecule has 2 aromatic heterocycles. The van der Waals surface area contributed by atoms with Crippen LogP contribution in [0, 0.1) is 12.8 Å². The van der Waals surface area contributed by atoms with E-state index in [1.807, 2.05) is 19.1 Å². The number of hydrogen-bond donors (Lipinski definition) is 1. The van der Waals surface area contributed by atoms with E-state index in [1.54, 1.807) is 19.4 Å². The molecule has 1 aliphatic carbocycles. The van der Waals surface area contributed by atoms with Crippen LogP contribution in [0.25, 0.3) is 11.0 Å². The number of pyridine rings is 1. The van der Waals surface area contributed by atoms with E-state index < -0.39 is 0 Å². The Hall–Kier alpha value is -2.74. The van der Waals surface area contributed by atoms with Gasteiger partial charge >= 0.3 is 5.97 Å². The largest absolute Gasteiger partial charge is 0.491 e. The standard InChI is InChI=1S/C21H23N3O4S/c1-12-8-15-16(9-14(12)20(25)27-3)24-21(23-15)29-11-17-19(26-2)18(6-7-22-17)28-10-13-4-5-13/h6-9,13H,4-5,10-11H2,1-3H3,(H,23,24). The van der Waals surface area contributed by atoms with Gasteiger partial charge in [0.2, 0.25) is 0 Å². The molecule has 0 atom stereocenters. The van der Waals surface area contributed by atoms with Crippen molar-refractivity contribution >= 4 is 28.8 Å². The fourth-order valence-corrected chi connectivity index (χ4v) is 3.90. The Morgan fingerprint density at radius 3 is 2.86 bits per heavy atom. The molecule has 1 N–H and O–H groups in total. The molecule has 29 heavy (non-hydrogen) atoms. The predicted molar refractivity (Wildman–Crippen MR) is 111 cm³/mol. The van der Waals surface area contributed by atoms with Gasteiger partial charge in [-0.3, -0.25) is 4.98 Å². The lowest BCUT2D eigenvalue weighted by molar-refractivity contribution is 0.0600. The summed E-state index contributed by atoms with van der Waals surface area (Å²) in [5.74, 6) is 2.28. The molecule has 3 aromatic rings. The highest BCUT2D eigenvalue weighted by Crippen LogP contribution is 2.36. The van der Waals surface area contributed by atoms with Gasteiger partial charge in [0.1, 0.15) is 0 Å². The van der Waals surface area contributed by atoms with Crippen molar-refractivity contribution < 1.29 is 19.0 Å². The van der Waals surface area contributed by atoms with Crippen LogP contribution < -0.4 is 9.47 Å². The maximum absolute atomic E-state index is 11.9. The Kier molecular flexibility index (Phi) is 5.62. The molecular formula is C21H23N3O4S. The van der Waals surface area contributed by atoms with Gasteiger partial charge in [0.25, 0.3) is 0 Å². The summed E-state index contributed by atoms with van der Waals surface area (Å²) in [5.41, 5.74) is 3.76. The summed E-state index contributed by atoms with van der Waals surface area (Å²) in [6.45, 7) is 2.60. The highest BCUT2D eigenvalue weighted by atomic mass is 32.2. The summed E-state index contributed by atoms with van der Waals surface area (Å²) in [6.07, 6.45) is 4.21. The van der Waals surface area contributed by atoms with E-state index in [2.05, 4.69) is 15.0 Å². The lowest BCUT2D eigenvalue weighted by Gasteiger charge is -2.13. The summed E-state index contributed by atoms with van der Waals surface area (Å²) in [5, 5.41) is 0.745. The minimum absolute atomic E-state index is 0.362. The van der Waals surface area contributed by atoms with Gasteiger partial charge < -0.3 is 19.2 Å². The number of aromatic amines is 1. The molecule has 0 unspecified atom stereocenters. The summed E-state index contributed by atoms with van der Waals surface area (Å²) >= 11 is 1.52. The van der Waals surface area contributed by atoms with E-state index in [0.29, 0.717) is 23.0 Å². The average Bonchev–Trinajstić information content (AvgIpc) is 3.48. The van der Waals surface area contributed by atoms with Gasteiger partial charge in [-0.1, -0.05) is 11.8 Å². The number of fused-ring (bicyclic) bond motifs is 1. The van der Waals surface area contributed by atoms with Crippen molar-refractivity contribution in [1.29, 1.82) is 0 Å². The summed E-state index contributed by atoms with van der Waals surface area (Å²) in [7, 11) is 3.01. The smallest absolute Gasteiger partial charge is 0.338 e. The highest BCUT2D eigenvalue weighted by Gasteiger charge is 2.23. The summed E-state index contributed by atoms with van der Waals surface area (Å²) in [4.78, 5) is 24.2. The van der Waals surface area contributed by atoms with Crippen molar-refractivity contribution in [3.8, 4) is 11.5 Å². The number of benzene rings is 1.